The van der Waals surface area contributed by atoms with Crippen LogP contribution >= 0.6 is 11.6 Å². The van der Waals surface area contributed by atoms with Gasteiger partial charge in [0.25, 0.3) is 0 Å². The fraction of sp³-hybridized carbons (Fsp3) is 0.333. The average molecular weight is 411 g/mol. The van der Waals surface area contributed by atoms with E-state index in [2.05, 4.69) is 32.6 Å². The van der Waals surface area contributed by atoms with Gasteiger partial charge in [-0.1, -0.05) is 41.9 Å². The van der Waals surface area contributed by atoms with E-state index in [4.69, 9.17) is 11.6 Å². The van der Waals surface area contributed by atoms with Gasteiger partial charge < -0.3 is 9.80 Å². The van der Waals surface area contributed by atoms with Gasteiger partial charge in [-0.25, -0.2) is 4.68 Å². The largest absolute Gasteiger partial charge is 0.363 e. The molecule has 1 aliphatic heterocycles. The summed E-state index contributed by atoms with van der Waals surface area (Å²) in [5.41, 5.74) is 3.33. The molecule has 0 aliphatic carbocycles. The van der Waals surface area contributed by atoms with Crippen LogP contribution in [-0.2, 0) is 17.9 Å². The number of benzene rings is 2. The van der Waals surface area contributed by atoms with Gasteiger partial charge in [0.15, 0.2) is 5.82 Å². The maximum Gasteiger partial charge on any atom is 0.222 e. The first-order chi connectivity index (χ1) is 14.0. The SMILES string of the molecule is CN(C)C(=O)CC1CN(Cc2nnnn2Cc2ccccc2)c2ccc(Cl)cc21. The number of nitrogens with zero attached hydrogens (tertiary/aromatic N) is 6. The maximum absolute atomic E-state index is 12.3. The molecule has 1 aromatic heterocycles. The van der Waals surface area contributed by atoms with E-state index >= 15 is 0 Å². The second-order valence-corrected chi connectivity index (χ2v) is 7.95. The van der Waals surface area contributed by atoms with Gasteiger partial charge in [-0.15, -0.1) is 5.10 Å². The number of aromatic nitrogens is 4. The number of tetrazole rings is 1. The second kappa shape index (κ2) is 8.21. The summed E-state index contributed by atoms with van der Waals surface area (Å²) in [5.74, 6) is 0.989. The summed E-state index contributed by atoms with van der Waals surface area (Å²) in [5, 5.41) is 13.0. The Labute approximate surface area is 174 Å². The summed E-state index contributed by atoms with van der Waals surface area (Å²) < 4.78 is 1.82. The molecule has 2 aromatic carbocycles. The van der Waals surface area contributed by atoms with Crippen molar-refractivity contribution < 1.29 is 4.79 Å². The van der Waals surface area contributed by atoms with Gasteiger partial charge >= 0.3 is 0 Å². The maximum atomic E-state index is 12.3. The van der Waals surface area contributed by atoms with E-state index in [0.717, 1.165) is 29.2 Å². The first-order valence-corrected chi connectivity index (χ1v) is 9.92. The summed E-state index contributed by atoms with van der Waals surface area (Å²) in [6, 6.07) is 16.0. The Morgan fingerprint density at radius 1 is 1.17 bits per heavy atom. The zero-order valence-electron chi connectivity index (χ0n) is 16.5. The molecule has 29 heavy (non-hydrogen) atoms. The molecule has 1 atom stereocenters. The lowest BCUT2D eigenvalue weighted by atomic mass is 9.97. The first kappa shape index (κ1) is 19.4. The monoisotopic (exact) mass is 410 g/mol. The van der Waals surface area contributed by atoms with Gasteiger partial charge in [0.1, 0.15) is 0 Å². The lowest BCUT2D eigenvalue weighted by molar-refractivity contribution is -0.129. The number of rotatable bonds is 6. The van der Waals surface area contributed by atoms with Crippen molar-refractivity contribution in [3.05, 3.63) is 70.5 Å². The molecule has 7 nitrogen and oxygen atoms in total. The standard InChI is InChI=1S/C21H23ClN6O/c1-26(2)21(29)10-16-13-27(19-9-8-17(22)11-18(16)19)14-20-23-24-25-28(20)12-15-6-4-3-5-7-15/h3-9,11,16H,10,12-14H2,1-2H3. The Morgan fingerprint density at radius 3 is 2.72 bits per heavy atom. The Balaban J connectivity index is 1.56. The second-order valence-electron chi connectivity index (χ2n) is 7.51. The third kappa shape index (κ3) is 4.24. The minimum atomic E-state index is 0.0945. The van der Waals surface area contributed by atoms with Crippen molar-refractivity contribution >= 4 is 23.2 Å². The van der Waals surface area contributed by atoms with E-state index in [1.165, 1.54) is 0 Å². The highest BCUT2D eigenvalue weighted by molar-refractivity contribution is 6.30. The molecule has 1 aliphatic rings. The van der Waals surface area contributed by atoms with Crippen LogP contribution in [0.1, 0.15) is 29.3 Å². The molecule has 0 bridgehead atoms. The van der Waals surface area contributed by atoms with Crippen LogP contribution in [0, 0.1) is 0 Å². The van der Waals surface area contributed by atoms with Crippen molar-refractivity contribution in [2.45, 2.75) is 25.4 Å². The Kier molecular flexibility index (Phi) is 5.49. The summed E-state index contributed by atoms with van der Waals surface area (Å²) in [6.45, 7) is 1.92. The molecule has 0 radical (unpaired) electrons. The molecule has 0 fully saturated rings. The molecule has 3 aromatic rings. The molecule has 150 valence electrons. The van der Waals surface area contributed by atoms with Crippen LogP contribution in [0.2, 0.25) is 5.02 Å². The van der Waals surface area contributed by atoms with Crippen molar-refractivity contribution in [1.82, 2.24) is 25.1 Å². The van der Waals surface area contributed by atoms with Crippen molar-refractivity contribution in [2.24, 2.45) is 0 Å². The van der Waals surface area contributed by atoms with Crippen LogP contribution in [-0.4, -0.2) is 51.7 Å². The van der Waals surface area contributed by atoms with Gasteiger partial charge in [-0.3, -0.25) is 4.79 Å². The topological polar surface area (TPSA) is 67.2 Å². The number of halogens is 1. The Morgan fingerprint density at radius 2 is 1.97 bits per heavy atom. The number of carbonyl (C=O) groups is 1. The molecule has 1 unspecified atom stereocenters. The highest BCUT2D eigenvalue weighted by Gasteiger charge is 2.31. The smallest absolute Gasteiger partial charge is 0.222 e. The molecule has 4 rings (SSSR count). The number of carbonyl (C=O) groups excluding carboxylic acids is 1. The van der Waals surface area contributed by atoms with Crippen molar-refractivity contribution in [1.29, 1.82) is 0 Å². The van der Waals surface area contributed by atoms with Gasteiger partial charge in [0, 0.05) is 43.7 Å². The summed E-state index contributed by atoms with van der Waals surface area (Å²) in [4.78, 5) is 16.2. The number of fused-ring (bicyclic) bond motifs is 1. The Bertz CT molecular complexity index is 1000. The van der Waals surface area contributed by atoms with Crippen LogP contribution in [0.4, 0.5) is 5.69 Å². The van der Waals surface area contributed by atoms with E-state index in [1.807, 2.05) is 41.1 Å². The predicted molar refractivity (Wildman–Crippen MR) is 112 cm³/mol. The van der Waals surface area contributed by atoms with Crippen LogP contribution in [0.15, 0.2) is 48.5 Å². The van der Waals surface area contributed by atoms with E-state index in [1.54, 1.807) is 19.0 Å². The molecular formula is C21H23ClN6O. The fourth-order valence-electron chi connectivity index (χ4n) is 3.71. The van der Waals surface area contributed by atoms with E-state index in [9.17, 15) is 4.79 Å². The van der Waals surface area contributed by atoms with Crippen LogP contribution in [0.3, 0.4) is 0 Å². The summed E-state index contributed by atoms with van der Waals surface area (Å²) in [7, 11) is 3.57. The van der Waals surface area contributed by atoms with Crippen LogP contribution < -0.4 is 4.90 Å². The summed E-state index contributed by atoms with van der Waals surface area (Å²) in [6.07, 6.45) is 0.450. The molecule has 0 spiro atoms. The fourth-order valence-corrected chi connectivity index (χ4v) is 3.89. The molecular weight excluding hydrogens is 388 g/mol. The zero-order valence-corrected chi connectivity index (χ0v) is 17.3. The lowest BCUT2D eigenvalue weighted by Gasteiger charge is -2.20. The minimum Gasteiger partial charge on any atom is -0.363 e. The molecule has 0 saturated carbocycles. The number of anilines is 1. The number of amides is 1. The van der Waals surface area contributed by atoms with Gasteiger partial charge in [-0.05, 0) is 39.8 Å². The molecule has 1 amide bonds. The average Bonchev–Trinajstić information content (AvgIpc) is 3.27. The van der Waals surface area contributed by atoms with Crippen molar-refractivity contribution in [3.63, 3.8) is 0 Å². The van der Waals surface area contributed by atoms with E-state index in [-0.39, 0.29) is 11.8 Å². The minimum absolute atomic E-state index is 0.0945. The molecule has 2 heterocycles. The third-order valence-corrected chi connectivity index (χ3v) is 5.48. The molecule has 8 heteroatoms. The number of hydrogen-bond acceptors (Lipinski definition) is 5. The Hall–Kier alpha value is -2.93. The quantitative estimate of drug-likeness (QED) is 0.625. The van der Waals surface area contributed by atoms with Crippen LogP contribution in [0.5, 0.6) is 0 Å². The van der Waals surface area contributed by atoms with Crippen molar-refractivity contribution in [2.75, 3.05) is 25.5 Å². The third-order valence-electron chi connectivity index (χ3n) is 5.24. The normalized spacial score (nSPS) is 15.4. The van der Waals surface area contributed by atoms with E-state index < -0.39 is 0 Å². The van der Waals surface area contributed by atoms with E-state index in [0.29, 0.717) is 24.5 Å². The molecule has 0 saturated heterocycles. The predicted octanol–water partition coefficient (Wildman–Crippen LogP) is 2.96. The number of hydrogen-bond donors (Lipinski definition) is 0. The highest BCUT2D eigenvalue weighted by Crippen LogP contribution is 2.40. The zero-order chi connectivity index (χ0) is 20.4. The highest BCUT2D eigenvalue weighted by atomic mass is 35.5. The molecule has 0 N–H and O–H groups in total. The lowest BCUT2D eigenvalue weighted by Crippen LogP contribution is -2.27. The van der Waals surface area contributed by atoms with Crippen LogP contribution in [0.25, 0.3) is 0 Å². The first-order valence-electron chi connectivity index (χ1n) is 9.55. The van der Waals surface area contributed by atoms with Gasteiger partial charge in [0.05, 0.1) is 13.1 Å². The van der Waals surface area contributed by atoms with Crippen molar-refractivity contribution in [3.8, 4) is 0 Å². The van der Waals surface area contributed by atoms with Gasteiger partial charge in [-0.2, -0.15) is 0 Å². The van der Waals surface area contributed by atoms with Gasteiger partial charge in [0.2, 0.25) is 5.91 Å². The summed E-state index contributed by atoms with van der Waals surface area (Å²) >= 11 is 6.24.